The number of hydrogen-bond acceptors (Lipinski definition) is 4. The van der Waals surface area contributed by atoms with E-state index in [0.717, 1.165) is 0 Å². The molecule has 1 amide bonds. The first kappa shape index (κ1) is 16.3. The van der Waals surface area contributed by atoms with E-state index in [1.807, 2.05) is 13.8 Å². The fraction of sp³-hybridized carbons (Fsp3) is 0.909. The molecule has 0 radical (unpaired) electrons. The maximum Gasteiger partial charge on any atom is 0.251 e. The number of hydroxylamine groups is 2. The van der Waals surface area contributed by atoms with E-state index in [-0.39, 0.29) is 29.9 Å². The summed E-state index contributed by atoms with van der Waals surface area (Å²) in [4.78, 5) is 17.0. The zero-order chi connectivity index (χ0) is 13.9. The summed E-state index contributed by atoms with van der Waals surface area (Å²) in [5.41, 5.74) is 0. The van der Waals surface area contributed by atoms with Gasteiger partial charge in [0.05, 0.1) is 25.7 Å². The molecule has 1 aliphatic heterocycles. The Labute approximate surface area is 112 Å². The summed E-state index contributed by atoms with van der Waals surface area (Å²) < 4.78 is 11.5. The van der Waals surface area contributed by atoms with Crippen LogP contribution in [0.3, 0.4) is 0 Å². The molecule has 7 heteroatoms. The summed E-state index contributed by atoms with van der Waals surface area (Å²) in [6.07, 6.45) is -0.126. The summed E-state index contributed by atoms with van der Waals surface area (Å²) in [5, 5.41) is 1.25. The van der Waals surface area contributed by atoms with Gasteiger partial charge in [0, 0.05) is 13.0 Å². The molecule has 0 aromatic heterocycles. The lowest BCUT2D eigenvalue weighted by Gasteiger charge is -2.39. The zero-order valence-corrected chi connectivity index (χ0v) is 13.7. The van der Waals surface area contributed by atoms with E-state index in [9.17, 15) is 4.79 Å². The van der Waals surface area contributed by atoms with E-state index in [4.69, 9.17) is 14.3 Å². The van der Waals surface area contributed by atoms with Crippen LogP contribution in [0.15, 0.2) is 0 Å². The Morgan fingerprint density at radius 3 is 2.72 bits per heavy atom. The number of nitrogens with zero attached hydrogens (tertiary/aromatic N) is 1. The molecule has 1 fully saturated rings. The number of rotatable bonds is 4. The average molecular weight is 295 g/mol. The van der Waals surface area contributed by atoms with Crippen LogP contribution in [0.1, 0.15) is 13.8 Å². The highest BCUT2D eigenvalue weighted by Gasteiger charge is 2.38. The second-order valence-corrected chi connectivity index (χ2v) is 8.89. The highest BCUT2D eigenvalue weighted by Crippen LogP contribution is 2.49. The van der Waals surface area contributed by atoms with E-state index in [0.29, 0.717) is 6.61 Å². The quantitative estimate of drug-likeness (QED) is 0.587. The standard InChI is InChI=1S/C11H23NO4P2/c1-7-6-15-11(18(5)17)16-9(7)8(2)10(13)12(3)14-4/h7-9,11H,6,17H2,1-5H3/t7-,8+,9-,11?,18?/m0/s1. The molecule has 6 atom stereocenters. The Bertz CT molecular complexity index is 290. The molecule has 0 spiro atoms. The normalized spacial score (nSPS) is 31.8. The summed E-state index contributed by atoms with van der Waals surface area (Å²) in [5.74, 6) is -0.110. The Morgan fingerprint density at radius 2 is 2.22 bits per heavy atom. The molecule has 0 saturated carbocycles. The minimum atomic E-state index is -0.411. The van der Waals surface area contributed by atoms with E-state index in [1.54, 1.807) is 7.05 Å². The third-order valence-corrected chi connectivity index (χ3v) is 4.80. The van der Waals surface area contributed by atoms with Crippen LogP contribution in [-0.4, -0.2) is 50.5 Å². The Morgan fingerprint density at radius 1 is 1.61 bits per heavy atom. The van der Waals surface area contributed by atoms with Crippen molar-refractivity contribution in [1.29, 1.82) is 0 Å². The van der Waals surface area contributed by atoms with Crippen LogP contribution in [0.25, 0.3) is 0 Å². The second kappa shape index (κ2) is 7.12. The largest absolute Gasteiger partial charge is 0.348 e. The summed E-state index contributed by atoms with van der Waals surface area (Å²) in [7, 11) is 5.42. The maximum atomic E-state index is 12.1. The van der Waals surface area contributed by atoms with Crippen LogP contribution in [0.5, 0.6) is 0 Å². The molecule has 0 aliphatic carbocycles. The van der Waals surface area contributed by atoms with Crippen LogP contribution in [0, 0.1) is 11.8 Å². The Hall–Kier alpha value is 0.210. The molecule has 0 aromatic rings. The van der Waals surface area contributed by atoms with Gasteiger partial charge in [-0.25, -0.2) is 5.06 Å². The van der Waals surface area contributed by atoms with Crippen LogP contribution < -0.4 is 0 Å². The molecule has 0 bridgehead atoms. The first-order valence-electron chi connectivity index (χ1n) is 5.94. The summed E-state index contributed by atoms with van der Waals surface area (Å²) >= 11 is 0. The molecule has 3 unspecified atom stereocenters. The van der Waals surface area contributed by atoms with Crippen molar-refractivity contribution in [1.82, 2.24) is 5.06 Å². The topological polar surface area (TPSA) is 48.0 Å². The van der Waals surface area contributed by atoms with Gasteiger partial charge in [-0.15, -0.1) is 8.93 Å². The lowest BCUT2D eigenvalue weighted by atomic mass is 9.92. The minimum Gasteiger partial charge on any atom is -0.348 e. The van der Waals surface area contributed by atoms with Crippen molar-refractivity contribution in [2.45, 2.75) is 26.0 Å². The van der Waals surface area contributed by atoms with Gasteiger partial charge in [0.25, 0.3) is 5.91 Å². The molecule has 18 heavy (non-hydrogen) atoms. The van der Waals surface area contributed by atoms with Gasteiger partial charge in [-0.1, -0.05) is 13.8 Å². The van der Waals surface area contributed by atoms with Gasteiger partial charge in [0.2, 0.25) is 0 Å². The van der Waals surface area contributed by atoms with Crippen LogP contribution >= 0.6 is 16.5 Å². The number of amides is 1. The van der Waals surface area contributed by atoms with Crippen molar-refractivity contribution in [3.05, 3.63) is 0 Å². The minimum absolute atomic E-state index is 0.0702. The monoisotopic (exact) mass is 295 g/mol. The van der Waals surface area contributed by atoms with Gasteiger partial charge < -0.3 is 9.47 Å². The predicted octanol–water partition coefficient (Wildman–Crippen LogP) is 1.88. The van der Waals surface area contributed by atoms with Gasteiger partial charge >= 0.3 is 0 Å². The molecule has 1 aliphatic rings. The molecular weight excluding hydrogens is 272 g/mol. The fourth-order valence-corrected chi connectivity index (χ4v) is 3.10. The summed E-state index contributed by atoms with van der Waals surface area (Å²) in [6, 6.07) is -0.200. The van der Waals surface area contributed by atoms with Crippen LogP contribution in [0.4, 0.5) is 0 Å². The smallest absolute Gasteiger partial charge is 0.251 e. The molecule has 106 valence electrons. The Balaban J connectivity index is 2.70. The van der Waals surface area contributed by atoms with Gasteiger partial charge in [0.15, 0.2) is 6.03 Å². The average Bonchev–Trinajstić information content (AvgIpc) is 2.36. The van der Waals surface area contributed by atoms with Gasteiger partial charge in [-0.05, 0) is 14.3 Å². The number of hydrogen-bond donors (Lipinski definition) is 0. The van der Waals surface area contributed by atoms with Crippen molar-refractivity contribution in [3.63, 3.8) is 0 Å². The van der Waals surface area contributed by atoms with Crippen LogP contribution in [0.2, 0.25) is 0 Å². The molecular formula is C11H23NO4P2. The molecule has 1 saturated heterocycles. The second-order valence-electron chi connectivity index (χ2n) is 4.69. The molecule has 0 aromatic carbocycles. The van der Waals surface area contributed by atoms with Crippen molar-refractivity contribution in [2.75, 3.05) is 27.4 Å². The maximum absolute atomic E-state index is 12.1. The zero-order valence-electron chi connectivity index (χ0n) is 11.6. The van der Waals surface area contributed by atoms with Gasteiger partial charge in [0.1, 0.15) is 0 Å². The SMILES string of the molecule is CON(C)C(=O)[C@H](C)[C@H]1OC(P(C)P)OC[C@@H]1C. The van der Waals surface area contributed by atoms with E-state index in [2.05, 4.69) is 15.6 Å². The first-order valence-corrected chi connectivity index (χ1v) is 9.42. The highest BCUT2D eigenvalue weighted by atomic mass is 32.0. The van der Waals surface area contributed by atoms with E-state index < -0.39 is 7.61 Å². The first-order chi connectivity index (χ1) is 8.38. The summed E-state index contributed by atoms with van der Waals surface area (Å²) in [6.45, 7) is 6.62. The van der Waals surface area contributed by atoms with Gasteiger partial charge in [-0.3, -0.25) is 9.63 Å². The third-order valence-electron chi connectivity index (χ3n) is 3.14. The van der Waals surface area contributed by atoms with Crippen LogP contribution in [-0.2, 0) is 19.1 Å². The van der Waals surface area contributed by atoms with Crippen molar-refractivity contribution >= 4 is 22.4 Å². The third kappa shape index (κ3) is 3.85. The Kier molecular flexibility index (Phi) is 6.43. The number of carbonyl (C=O) groups excluding carboxylic acids is 1. The lowest BCUT2D eigenvalue weighted by Crippen LogP contribution is -2.46. The lowest BCUT2D eigenvalue weighted by molar-refractivity contribution is -0.214. The van der Waals surface area contributed by atoms with Crippen molar-refractivity contribution in [3.8, 4) is 0 Å². The predicted molar refractivity (Wildman–Crippen MR) is 75.3 cm³/mol. The molecule has 0 N–H and O–H groups in total. The fourth-order valence-electron chi connectivity index (χ4n) is 1.98. The highest BCUT2D eigenvalue weighted by molar-refractivity contribution is 8.13. The van der Waals surface area contributed by atoms with Gasteiger partial charge in [-0.2, -0.15) is 0 Å². The van der Waals surface area contributed by atoms with Crippen molar-refractivity contribution in [2.24, 2.45) is 11.8 Å². The molecule has 1 rings (SSSR count). The molecule has 1 heterocycles. The number of ether oxygens (including phenoxy) is 2. The number of carbonyl (C=O) groups is 1. The van der Waals surface area contributed by atoms with Crippen molar-refractivity contribution < 1.29 is 19.1 Å². The molecule has 5 nitrogen and oxygen atoms in total. The van der Waals surface area contributed by atoms with E-state index >= 15 is 0 Å². The van der Waals surface area contributed by atoms with E-state index in [1.165, 1.54) is 12.2 Å².